The molecule has 0 aliphatic carbocycles. The van der Waals surface area contributed by atoms with Crippen LogP contribution in [0.5, 0.6) is 0 Å². The lowest BCUT2D eigenvalue weighted by Crippen LogP contribution is -2.20. The summed E-state index contributed by atoms with van der Waals surface area (Å²) < 4.78 is 13.4. The van der Waals surface area contributed by atoms with E-state index in [1.807, 2.05) is 27.0 Å². The van der Waals surface area contributed by atoms with Gasteiger partial charge in [-0.3, -0.25) is 0 Å². The maximum absolute atomic E-state index is 13.4. The molecule has 2 aromatic rings. The SMILES string of the molecule is CNC(c1cc(C)cc(F)c1)c1ncc(C)cn1. The minimum Gasteiger partial charge on any atom is -0.307 e. The predicted octanol–water partition coefficient (Wildman–Crippen LogP) is 2.54. The smallest absolute Gasteiger partial charge is 0.149 e. The highest BCUT2D eigenvalue weighted by atomic mass is 19.1. The number of halogens is 1. The van der Waals surface area contributed by atoms with Gasteiger partial charge in [-0.25, -0.2) is 14.4 Å². The topological polar surface area (TPSA) is 37.8 Å². The lowest BCUT2D eigenvalue weighted by molar-refractivity contribution is 0.606. The number of hydrogen-bond acceptors (Lipinski definition) is 3. The third-order valence-corrected chi connectivity index (χ3v) is 2.75. The maximum Gasteiger partial charge on any atom is 0.149 e. The maximum atomic E-state index is 13.4. The second-order valence-corrected chi connectivity index (χ2v) is 4.40. The van der Waals surface area contributed by atoms with Crippen LogP contribution in [0, 0.1) is 19.7 Å². The van der Waals surface area contributed by atoms with Crippen LogP contribution in [-0.4, -0.2) is 17.0 Å². The summed E-state index contributed by atoms with van der Waals surface area (Å²) in [5, 5.41) is 3.12. The zero-order valence-electron chi connectivity index (χ0n) is 10.7. The average Bonchev–Trinajstić information content (AvgIpc) is 2.31. The highest BCUT2D eigenvalue weighted by Gasteiger charge is 2.15. The molecule has 1 N–H and O–H groups in total. The summed E-state index contributed by atoms with van der Waals surface area (Å²) in [6, 6.07) is 4.76. The van der Waals surface area contributed by atoms with E-state index in [0.29, 0.717) is 5.82 Å². The predicted molar refractivity (Wildman–Crippen MR) is 68.8 cm³/mol. The molecule has 2 rings (SSSR count). The Labute approximate surface area is 106 Å². The van der Waals surface area contributed by atoms with Gasteiger partial charge in [-0.05, 0) is 49.7 Å². The van der Waals surface area contributed by atoms with Gasteiger partial charge in [-0.1, -0.05) is 6.07 Å². The van der Waals surface area contributed by atoms with Gasteiger partial charge in [0, 0.05) is 12.4 Å². The molecule has 1 unspecified atom stereocenters. The first-order valence-corrected chi connectivity index (χ1v) is 5.83. The molecular weight excluding hydrogens is 229 g/mol. The van der Waals surface area contributed by atoms with E-state index in [2.05, 4.69) is 15.3 Å². The van der Waals surface area contributed by atoms with E-state index in [1.165, 1.54) is 12.1 Å². The third kappa shape index (κ3) is 2.71. The van der Waals surface area contributed by atoms with Crippen LogP contribution in [0.1, 0.15) is 28.6 Å². The largest absolute Gasteiger partial charge is 0.307 e. The van der Waals surface area contributed by atoms with Gasteiger partial charge in [0.1, 0.15) is 11.6 Å². The average molecular weight is 245 g/mol. The van der Waals surface area contributed by atoms with Crippen molar-refractivity contribution in [3.63, 3.8) is 0 Å². The van der Waals surface area contributed by atoms with Gasteiger partial charge in [0.25, 0.3) is 0 Å². The molecule has 0 radical (unpaired) electrons. The molecule has 0 spiro atoms. The fourth-order valence-corrected chi connectivity index (χ4v) is 1.93. The Bertz CT molecular complexity index is 517. The van der Waals surface area contributed by atoms with Crippen molar-refractivity contribution in [3.8, 4) is 0 Å². The zero-order valence-corrected chi connectivity index (χ0v) is 10.7. The van der Waals surface area contributed by atoms with Gasteiger partial charge in [0.15, 0.2) is 0 Å². The molecular formula is C14H16FN3. The molecule has 1 atom stereocenters. The monoisotopic (exact) mass is 245 g/mol. The van der Waals surface area contributed by atoms with Crippen molar-refractivity contribution >= 4 is 0 Å². The number of aryl methyl sites for hydroxylation is 2. The highest BCUT2D eigenvalue weighted by Crippen LogP contribution is 2.20. The summed E-state index contributed by atoms with van der Waals surface area (Å²) in [4.78, 5) is 8.58. The van der Waals surface area contributed by atoms with Gasteiger partial charge in [0.2, 0.25) is 0 Å². The fraction of sp³-hybridized carbons (Fsp3) is 0.286. The molecule has 1 aromatic heterocycles. The molecule has 0 fully saturated rings. The molecule has 0 saturated carbocycles. The fourth-order valence-electron chi connectivity index (χ4n) is 1.93. The second kappa shape index (κ2) is 5.23. The van der Waals surface area contributed by atoms with E-state index in [0.717, 1.165) is 16.7 Å². The standard InChI is InChI=1S/C14H16FN3/c1-9-4-11(6-12(15)5-9)13(16-3)14-17-7-10(2)8-18-14/h4-8,13,16H,1-3H3. The molecule has 0 saturated heterocycles. The molecule has 94 valence electrons. The lowest BCUT2D eigenvalue weighted by atomic mass is 10.0. The summed E-state index contributed by atoms with van der Waals surface area (Å²) in [5.74, 6) is 0.408. The van der Waals surface area contributed by atoms with Crippen molar-refractivity contribution < 1.29 is 4.39 Å². The van der Waals surface area contributed by atoms with E-state index < -0.39 is 0 Å². The summed E-state index contributed by atoms with van der Waals surface area (Å²) in [5.41, 5.74) is 2.72. The molecule has 3 nitrogen and oxygen atoms in total. The van der Waals surface area contributed by atoms with Gasteiger partial charge in [0.05, 0.1) is 6.04 Å². The van der Waals surface area contributed by atoms with Crippen LogP contribution >= 0.6 is 0 Å². The Balaban J connectivity index is 2.41. The Morgan fingerprint density at radius 1 is 1.06 bits per heavy atom. The van der Waals surface area contributed by atoms with Crippen LogP contribution in [0.3, 0.4) is 0 Å². The van der Waals surface area contributed by atoms with Gasteiger partial charge >= 0.3 is 0 Å². The number of benzene rings is 1. The summed E-state index contributed by atoms with van der Waals surface area (Å²) in [6.07, 6.45) is 3.53. The van der Waals surface area contributed by atoms with Crippen LogP contribution in [-0.2, 0) is 0 Å². The van der Waals surface area contributed by atoms with Crippen LogP contribution in [0.15, 0.2) is 30.6 Å². The van der Waals surface area contributed by atoms with Crippen LogP contribution in [0.4, 0.5) is 4.39 Å². The number of aromatic nitrogens is 2. The molecule has 0 aliphatic rings. The minimum atomic E-state index is -0.239. The van der Waals surface area contributed by atoms with E-state index in [-0.39, 0.29) is 11.9 Å². The number of nitrogens with one attached hydrogen (secondary N) is 1. The molecule has 18 heavy (non-hydrogen) atoms. The quantitative estimate of drug-likeness (QED) is 0.903. The molecule has 0 aliphatic heterocycles. The van der Waals surface area contributed by atoms with Crippen LogP contribution in [0.25, 0.3) is 0 Å². The van der Waals surface area contributed by atoms with E-state index in [1.54, 1.807) is 12.4 Å². The lowest BCUT2D eigenvalue weighted by Gasteiger charge is -2.16. The number of hydrogen-bond donors (Lipinski definition) is 1. The van der Waals surface area contributed by atoms with Crippen molar-refractivity contribution in [1.82, 2.24) is 15.3 Å². The summed E-state index contributed by atoms with van der Waals surface area (Å²) in [7, 11) is 1.81. The zero-order chi connectivity index (χ0) is 13.1. The molecule has 4 heteroatoms. The van der Waals surface area contributed by atoms with E-state index >= 15 is 0 Å². The second-order valence-electron chi connectivity index (χ2n) is 4.40. The van der Waals surface area contributed by atoms with Crippen molar-refractivity contribution in [3.05, 3.63) is 58.9 Å². The van der Waals surface area contributed by atoms with Gasteiger partial charge in [-0.2, -0.15) is 0 Å². The molecule has 0 amide bonds. The van der Waals surface area contributed by atoms with Crippen LogP contribution in [0.2, 0.25) is 0 Å². The van der Waals surface area contributed by atoms with Crippen LogP contribution < -0.4 is 5.32 Å². The Morgan fingerprint density at radius 2 is 1.72 bits per heavy atom. The van der Waals surface area contributed by atoms with Crippen molar-refractivity contribution in [2.45, 2.75) is 19.9 Å². The van der Waals surface area contributed by atoms with E-state index in [4.69, 9.17) is 0 Å². The number of rotatable bonds is 3. The highest BCUT2D eigenvalue weighted by molar-refractivity contribution is 5.30. The Morgan fingerprint density at radius 3 is 2.28 bits per heavy atom. The number of nitrogens with zero attached hydrogens (tertiary/aromatic N) is 2. The van der Waals surface area contributed by atoms with Gasteiger partial charge < -0.3 is 5.32 Å². The summed E-state index contributed by atoms with van der Waals surface area (Å²) >= 11 is 0. The van der Waals surface area contributed by atoms with Crippen molar-refractivity contribution in [2.75, 3.05) is 7.05 Å². The summed E-state index contributed by atoms with van der Waals surface area (Å²) in [6.45, 7) is 3.81. The third-order valence-electron chi connectivity index (χ3n) is 2.75. The van der Waals surface area contributed by atoms with Gasteiger partial charge in [-0.15, -0.1) is 0 Å². The first-order valence-electron chi connectivity index (χ1n) is 5.83. The Kier molecular flexibility index (Phi) is 3.67. The Hall–Kier alpha value is -1.81. The first-order chi connectivity index (χ1) is 8.60. The minimum absolute atomic E-state index is 0.194. The molecule has 0 bridgehead atoms. The molecule has 1 aromatic carbocycles. The van der Waals surface area contributed by atoms with Crippen molar-refractivity contribution in [2.24, 2.45) is 0 Å². The molecule has 1 heterocycles. The van der Waals surface area contributed by atoms with Crippen molar-refractivity contribution in [1.29, 1.82) is 0 Å². The van der Waals surface area contributed by atoms with E-state index in [9.17, 15) is 4.39 Å². The first kappa shape index (κ1) is 12.6. The normalized spacial score (nSPS) is 12.4.